The van der Waals surface area contributed by atoms with Crippen molar-refractivity contribution in [2.24, 2.45) is 11.8 Å². The number of hydrogen-bond donors (Lipinski definition) is 0. The summed E-state index contributed by atoms with van der Waals surface area (Å²) in [6, 6.07) is 15.4. The minimum atomic E-state index is -0.530. The predicted molar refractivity (Wildman–Crippen MR) is 83.0 cm³/mol. The third-order valence-corrected chi connectivity index (χ3v) is 5.18. The SMILES string of the molecule is O=[N+]([O-])[C@H]1C[C@H]2C=C[C@@H]1[C@]2(c1ccccc1)c1ccccn1. The van der Waals surface area contributed by atoms with E-state index < -0.39 is 11.5 Å². The van der Waals surface area contributed by atoms with Crippen LogP contribution in [0.1, 0.15) is 17.7 Å². The smallest absolute Gasteiger partial charge is 0.221 e. The zero-order valence-corrected chi connectivity index (χ0v) is 12.0. The highest BCUT2D eigenvalue weighted by Crippen LogP contribution is 2.58. The number of nitrogens with zero attached hydrogens (tertiary/aromatic N) is 2. The largest absolute Gasteiger partial charge is 0.264 e. The van der Waals surface area contributed by atoms with Crippen LogP contribution in [0, 0.1) is 22.0 Å². The second kappa shape index (κ2) is 4.77. The lowest BCUT2D eigenvalue weighted by Crippen LogP contribution is -2.38. The predicted octanol–water partition coefficient (Wildman–Crippen LogP) is 3.22. The first-order valence-corrected chi connectivity index (χ1v) is 7.53. The van der Waals surface area contributed by atoms with Crippen LogP contribution in [0.25, 0.3) is 0 Å². The molecule has 0 saturated heterocycles. The van der Waals surface area contributed by atoms with Gasteiger partial charge in [-0.05, 0) is 23.6 Å². The Kier molecular flexibility index (Phi) is 2.86. The van der Waals surface area contributed by atoms with Crippen molar-refractivity contribution in [2.75, 3.05) is 0 Å². The molecule has 0 aliphatic heterocycles. The fourth-order valence-corrected chi connectivity index (χ4v) is 4.36. The highest BCUT2D eigenvalue weighted by molar-refractivity contribution is 5.46. The first-order valence-electron chi connectivity index (χ1n) is 7.53. The van der Waals surface area contributed by atoms with Gasteiger partial charge in [-0.2, -0.15) is 0 Å². The van der Waals surface area contributed by atoms with Crippen molar-refractivity contribution in [1.29, 1.82) is 0 Å². The second-order valence-corrected chi connectivity index (χ2v) is 6.06. The van der Waals surface area contributed by atoms with Crippen LogP contribution in [0.3, 0.4) is 0 Å². The van der Waals surface area contributed by atoms with Crippen molar-refractivity contribution in [3.8, 4) is 0 Å². The normalized spacial score (nSPS) is 32.3. The molecule has 0 N–H and O–H groups in total. The van der Waals surface area contributed by atoms with Gasteiger partial charge in [0.2, 0.25) is 6.04 Å². The number of pyridine rings is 1. The molecule has 0 spiro atoms. The molecule has 4 heteroatoms. The summed E-state index contributed by atoms with van der Waals surface area (Å²) in [4.78, 5) is 16.0. The molecule has 2 aliphatic rings. The Bertz CT molecular complexity index is 688. The summed E-state index contributed by atoms with van der Waals surface area (Å²) >= 11 is 0. The number of nitro groups is 1. The van der Waals surface area contributed by atoms with E-state index in [1.165, 1.54) is 0 Å². The number of aromatic nitrogens is 1. The van der Waals surface area contributed by atoms with E-state index in [2.05, 4.69) is 23.2 Å². The molecule has 4 atom stereocenters. The minimum Gasteiger partial charge on any atom is -0.264 e. The molecule has 1 saturated carbocycles. The lowest BCUT2D eigenvalue weighted by molar-refractivity contribution is -0.527. The van der Waals surface area contributed by atoms with Gasteiger partial charge in [0.05, 0.1) is 17.0 Å². The first-order chi connectivity index (χ1) is 10.7. The molecule has 110 valence electrons. The Morgan fingerprint density at radius 2 is 1.86 bits per heavy atom. The quantitative estimate of drug-likeness (QED) is 0.496. The van der Waals surface area contributed by atoms with Gasteiger partial charge in [-0.15, -0.1) is 0 Å². The van der Waals surface area contributed by atoms with Crippen LogP contribution < -0.4 is 0 Å². The van der Waals surface area contributed by atoms with E-state index in [4.69, 9.17) is 0 Å². The van der Waals surface area contributed by atoms with Crippen molar-refractivity contribution in [2.45, 2.75) is 17.9 Å². The van der Waals surface area contributed by atoms with Crippen molar-refractivity contribution < 1.29 is 4.92 Å². The van der Waals surface area contributed by atoms with Crippen LogP contribution in [-0.4, -0.2) is 15.9 Å². The van der Waals surface area contributed by atoms with Gasteiger partial charge < -0.3 is 0 Å². The summed E-state index contributed by atoms with van der Waals surface area (Å²) < 4.78 is 0. The van der Waals surface area contributed by atoms with Gasteiger partial charge in [-0.3, -0.25) is 15.1 Å². The van der Waals surface area contributed by atoms with E-state index in [1.54, 1.807) is 6.20 Å². The molecule has 0 unspecified atom stereocenters. The number of rotatable bonds is 3. The molecule has 4 nitrogen and oxygen atoms in total. The summed E-state index contributed by atoms with van der Waals surface area (Å²) in [6.45, 7) is 0. The zero-order chi connectivity index (χ0) is 15.2. The molecular weight excluding hydrogens is 276 g/mol. The van der Waals surface area contributed by atoms with Crippen LogP contribution in [0.5, 0.6) is 0 Å². The number of fused-ring (bicyclic) bond motifs is 2. The standard InChI is InChI=1S/C18H16N2O2/c21-20(22)16-12-14-9-10-15(16)18(14,13-6-2-1-3-7-13)17-8-4-5-11-19-17/h1-11,14-16H,12H2/t14-,15+,16+,18-/m1/s1. The second-order valence-electron chi connectivity index (χ2n) is 6.06. The van der Waals surface area contributed by atoms with Crippen molar-refractivity contribution in [3.05, 3.63) is 88.3 Å². The molecule has 2 aromatic rings. The third kappa shape index (κ3) is 1.61. The van der Waals surface area contributed by atoms with Gasteiger partial charge in [0.1, 0.15) is 0 Å². The summed E-state index contributed by atoms with van der Waals surface area (Å²) in [5.74, 6) is -0.00463. The van der Waals surface area contributed by atoms with E-state index in [0.29, 0.717) is 6.42 Å². The lowest BCUT2D eigenvalue weighted by Gasteiger charge is -2.34. The monoisotopic (exact) mass is 292 g/mol. The summed E-state index contributed by atoms with van der Waals surface area (Å²) in [5.41, 5.74) is 1.66. The van der Waals surface area contributed by atoms with Gasteiger partial charge in [0.15, 0.2) is 0 Å². The lowest BCUT2D eigenvalue weighted by atomic mass is 9.68. The molecule has 22 heavy (non-hydrogen) atoms. The van der Waals surface area contributed by atoms with E-state index in [9.17, 15) is 10.1 Å². The molecule has 0 radical (unpaired) electrons. The van der Waals surface area contributed by atoms with Gasteiger partial charge in [-0.25, -0.2) is 0 Å². The Morgan fingerprint density at radius 1 is 1.09 bits per heavy atom. The first kappa shape index (κ1) is 13.2. The molecule has 2 aliphatic carbocycles. The van der Waals surface area contributed by atoms with Gasteiger partial charge in [0.25, 0.3) is 0 Å². The molecule has 1 fully saturated rings. The van der Waals surface area contributed by atoms with Crippen molar-refractivity contribution in [3.63, 3.8) is 0 Å². The van der Waals surface area contributed by atoms with Crippen LogP contribution in [-0.2, 0) is 5.41 Å². The van der Waals surface area contributed by atoms with Crippen LogP contribution >= 0.6 is 0 Å². The number of allylic oxidation sites excluding steroid dienone is 1. The van der Waals surface area contributed by atoms with E-state index >= 15 is 0 Å². The molecule has 1 aromatic heterocycles. The highest BCUT2D eigenvalue weighted by Gasteiger charge is 2.63. The minimum absolute atomic E-state index is 0.116. The average molecular weight is 292 g/mol. The number of benzene rings is 1. The maximum atomic E-state index is 11.5. The van der Waals surface area contributed by atoms with Gasteiger partial charge in [0, 0.05) is 17.5 Å². The van der Waals surface area contributed by atoms with Crippen LogP contribution in [0.2, 0.25) is 0 Å². The Hall–Kier alpha value is -2.49. The topological polar surface area (TPSA) is 56.0 Å². The Balaban J connectivity index is 1.95. The van der Waals surface area contributed by atoms with E-state index in [-0.39, 0.29) is 16.8 Å². The van der Waals surface area contributed by atoms with Crippen molar-refractivity contribution >= 4 is 0 Å². The van der Waals surface area contributed by atoms with Gasteiger partial charge in [-0.1, -0.05) is 48.6 Å². The average Bonchev–Trinajstić information content (AvgIpc) is 3.10. The summed E-state index contributed by atoms with van der Waals surface area (Å²) in [7, 11) is 0. The van der Waals surface area contributed by atoms with Crippen molar-refractivity contribution in [1.82, 2.24) is 4.98 Å². The maximum Gasteiger partial charge on any atom is 0.221 e. The molecule has 2 bridgehead atoms. The fourth-order valence-electron chi connectivity index (χ4n) is 4.36. The number of hydrogen-bond acceptors (Lipinski definition) is 3. The summed E-state index contributed by atoms with van der Waals surface area (Å²) in [5, 5.41) is 11.5. The van der Waals surface area contributed by atoms with Crippen LogP contribution in [0.4, 0.5) is 0 Å². The van der Waals surface area contributed by atoms with Crippen LogP contribution in [0.15, 0.2) is 66.9 Å². The third-order valence-electron chi connectivity index (χ3n) is 5.18. The molecule has 1 heterocycles. The highest BCUT2D eigenvalue weighted by atomic mass is 16.6. The zero-order valence-electron chi connectivity index (χ0n) is 12.0. The maximum absolute atomic E-state index is 11.5. The molecular formula is C18H16N2O2. The molecule has 1 aromatic carbocycles. The Morgan fingerprint density at radius 3 is 2.50 bits per heavy atom. The fraction of sp³-hybridized carbons (Fsp3) is 0.278. The van der Waals surface area contributed by atoms with E-state index in [0.717, 1.165) is 11.3 Å². The summed E-state index contributed by atoms with van der Waals surface area (Å²) in [6.07, 6.45) is 6.54. The molecule has 0 amide bonds. The molecule has 4 rings (SSSR count). The van der Waals surface area contributed by atoms with Gasteiger partial charge >= 0.3 is 0 Å². The van der Waals surface area contributed by atoms with E-state index in [1.807, 2.05) is 42.5 Å². The Labute approximate surface area is 128 Å².